The first-order valence-corrected chi connectivity index (χ1v) is 7.93. The van der Waals surface area contributed by atoms with Gasteiger partial charge in [-0.05, 0) is 37.3 Å². The molecule has 0 unspecified atom stereocenters. The van der Waals surface area contributed by atoms with Crippen molar-refractivity contribution in [3.05, 3.63) is 58.4 Å². The lowest BCUT2D eigenvalue weighted by Gasteiger charge is -2.32. The molecular weight excluding hydrogens is 324 g/mol. The molecule has 0 aliphatic carbocycles. The van der Waals surface area contributed by atoms with E-state index in [1.807, 2.05) is 30.0 Å². The fourth-order valence-electron chi connectivity index (χ4n) is 3.16. The summed E-state index contributed by atoms with van der Waals surface area (Å²) in [7, 11) is 0. The summed E-state index contributed by atoms with van der Waals surface area (Å²) in [5, 5.41) is 29.5. The van der Waals surface area contributed by atoms with Gasteiger partial charge in [-0.1, -0.05) is 17.7 Å². The summed E-state index contributed by atoms with van der Waals surface area (Å²) >= 11 is 6.12. The zero-order chi connectivity index (χ0) is 17.3. The molecule has 120 valence electrons. The molecule has 2 aromatic rings. The minimum atomic E-state index is -1.15. The molecule has 1 aromatic carbocycles. The van der Waals surface area contributed by atoms with Crippen molar-refractivity contribution in [1.29, 1.82) is 10.5 Å². The van der Waals surface area contributed by atoms with Crippen LogP contribution in [0, 0.1) is 22.7 Å². The van der Waals surface area contributed by atoms with E-state index in [0.29, 0.717) is 29.2 Å². The smallest absolute Gasteiger partial charge is 0.140 e. The lowest BCUT2D eigenvalue weighted by Crippen LogP contribution is -2.41. The van der Waals surface area contributed by atoms with E-state index < -0.39 is 5.60 Å². The Morgan fingerprint density at radius 2 is 2.08 bits per heavy atom. The van der Waals surface area contributed by atoms with Gasteiger partial charge in [-0.25, -0.2) is 4.98 Å². The van der Waals surface area contributed by atoms with Crippen molar-refractivity contribution in [2.24, 2.45) is 0 Å². The molecule has 2 atom stereocenters. The van der Waals surface area contributed by atoms with E-state index >= 15 is 0 Å². The number of nitriles is 2. The molecule has 24 heavy (non-hydrogen) atoms. The van der Waals surface area contributed by atoms with Gasteiger partial charge in [0.15, 0.2) is 0 Å². The molecule has 0 spiro atoms. The SMILES string of the molecule is C[C@@H]1N(c2ccc(C#N)c(Cl)c2)CC[C@@]1(O)c1cccc(C#N)n1. The number of anilines is 1. The van der Waals surface area contributed by atoms with Crippen molar-refractivity contribution < 1.29 is 5.11 Å². The summed E-state index contributed by atoms with van der Waals surface area (Å²) in [5.41, 5.74) is 0.904. The topological polar surface area (TPSA) is 83.9 Å². The molecule has 0 radical (unpaired) electrons. The molecule has 1 saturated heterocycles. The van der Waals surface area contributed by atoms with Gasteiger partial charge >= 0.3 is 0 Å². The number of hydrogen-bond donors (Lipinski definition) is 1. The first-order chi connectivity index (χ1) is 11.5. The van der Waals surface area contributed by atoms with Crippen molar-refractivity contribution in [2.75, 3.05) is 11.4 Å². The standard InChI is InChI=1S/C18H15ClN4O/c1-12-18(24,17-4-2-3-14(11-21)22-17)7-8-23(12)15-6-5-13(10-20)16(19)9-15/h2-6,9,12,24H,7-8H2,1H3/t12-,18-/m0/s1. The summed E-state index contributed by atoms with van der Waals surface area (Å²) in [6.45, 7) is 2.54. The first kappa shape index (κ1) is 16.3. The second kappa shape index (κ2) is 6.13. The van der Waals surface area contributed by atoms with Gasteiger partial charge in [-0.15, -0.1) is 0 Å². The Morgan fingerprint density at radius 1 is 1.29 bits per heavy atom. The molecule has 1 N–H and O–H groups in total. The number of rotatable bonds is 2. The number of halogens is 1. The molecule has 1 aliphatic rings. The minimum absolute atomic E-state index is 0.247. The fraction of sp³-hybridized carbons (Fsp3) is 0.278. The Hall–Kier alpha value is -2.60. The first-order valence-electron chi connectivity index (χ1n) is 7.56. The third kappa shape index (κ3) is 2.59. The molecule has 0 amide bonds. The van der Waals surface area contributed by atoms with E-state index in [-0.39, 0.29) is 11.7 Å². The van der Waals surface area contributed by atoms with Gasteiger partial charge in [0.1, 0.15) is 23.4 Å². The summed E-state index contributed by atoms with van der Waals surface area (Å²) in [4.78, 5) is 6.30. The number of hydrogen-bond acceptors (Lipinski definition) is 5. The van der Waals surface area contributed by atoms with Gasteiger partial charge in [0.05, 0.1) is 22.3 Å². The van der Waals surface area contributed by atoms with Crippen LogP contribution in [0.5, 0.6) is 0 Å². The van der Waals surface area contributed by atoms with E-state index in [4.69, 9.17) is 22.1 Å². The summed E-state index contributed by atoms with van der Waals surface area (Å²) in [5.74, 6) is 0. The summed E-state index contributed by atoms with van der Waals surface area (Å²) in [6, 6.07) is 14.1. The van der Waals surface area contributed by atoms with Crippen LogP contribution in [0.3, 0.4) is 0 Å². The fourth-order valence-corrected chi connectivity index (χ4v) is 3.37. The average molecular weight is 339 g/mol. The van der Waals surface area contributed by atoms with Crippen molar-refractivity contribution >= 4 is 17.3 Å². The second-order valence-electron chi connectivity index (χ2n) is 5.84. The van der Waals surface area contributed by atoms with Gasteiger partial charge in [0, 0.05) is 18.7 Å². The third-order valence-corrected chi connectivity index (χ3v) is 4.92. The molecule has 1 aliphatic heterocycles. The van der Waals surface area contributed by atoms with Crippen LogP contribution in [0.2, 0.25) is 5.02 Å². The molecular formula is C18H15ClN4O. The van der Waals surface area contributed by atoms with Crippen LogP contribution < -0.4 is 4.90 Å². The second-order valence-corrected chi connectivity index (χ2v) is 6.25. The van der Waals surface area contributed by atoms with Crippen LogP contribution in [0.15, 0.2) is 36.4 Å². The quantitative estimate of drug-likeness (QED) is 0.910. The van der Waals surface area contributed by atoms with Crippen LogP contribution >= 0.6 is 11.6 Å². The summed E-state index contributed by atoms with van der Waals surface area (Å²) < 4.78 is 0. The predicted octanol–water partition coefficient (Wildman–Crippen LogP) is 2.96. The normalized spacial score (nSPS) is 22.9. The molecule has 0 saturated carbocycles. The average Bonchev–Trinajstić information content (AvgIpc) is 2.91. The van der Waals surface area contributed by atoms with Crippen LogP contribution in [-0.4, -0.2) is 22.7 Å². The zero-order valence-corrected chi connectivity index (χ0v) is 13.8. The van der Waals surface area contributed by atoms with Crippen molar-refractivity contribution in [3.8, 4) is 12.1 Å². The van der Waals surface area contributed by atoms with Gasteiger partial charge in [0.2, 0.25) is 0 Å². The van der Waals surface area contributed by atoms with Crippen molar-refractivity contribution in [1.82, 2.24) is 4.98 Å². The van der Waals surface area contributed by atoms with Gasteiger partial charge < -0.3 is 10.0 Å². The van der Waals surface area contributed by atoms with Crippen molar-refractivity contribution in [3.63, 3.8) is 0 Å². The summed E-state index contributed by atoms with van der Waals surface area (Å²) in [6.07, 6.45) is 0.494. The predicted molar refractivity (Wildman–Crippen MR) is 90.4 cm³/mol. The Labute approximate surface area is 145 Å². The molecule has 6 heteroatoms. The van der Waals surface area contributed by atoms with E-state index in [2.05, 4.69) is 4.98 Å². The number of nitrogens with zero attached hydrogens (tertiary/aromatic N) is 4. The van der Waals surface area contributed by atoms with E-state index in [1.165, 1.54) is 0 Å². The Balaban J connectivity index is 1.94. The molecule has 0 bridgehead atoms. The Kier molecular flexibility index (Phi) is 4.15. The largest absolute Gasteiger partial charge is 0.381 e. The maximum atomic E-state index is 11.2. The third-order valence-electron chi connectivity index (χ3n) is 4.60. The lowest BCUT2D eigenvalue weighted by atomic mass is 9.91. The monoisotopic (exact) mass is 338 g/mol. The van der Waals surface area contributed by atoms with Crippen LogP contribution in [0.1, 0.15) is 30.3 Å². The Morgan fingerprint density at radius 3 is 2.75 bits per heavy atom. The van der Waals surface area contributed by atoms with Crippen LogP contribution in [0.25, 0.3) is 0 Å². The molecule has 1 fully saturated rings. The van der Waals surface area contributed by atoms with Crippen LogP contribution in [-0.2, 0) is 5.60 Å². The number of aromatic nitrogens is 1. The van der Waals surface area contributed by atoms with Gasteiger partial charge in [0.25, 0.3) is 0 Å². The highest BCUT2D eigenvalue weighted by Gasteiger charge is 2.46. The van der Waals surface area contributed by atoms with E-state index in [1.54, 1.807) is 30.3 Å². The Bertz CT molecular complexity index is 870. The lowest BCUT2D eigenvalue weighted by molar-refractivity contribution is 0.0285. The number of benzene rings is 1. The zero-order valence-electron chi connectivity index (χ0n) is 13.1. The molecule has 1 aromatic heterocycles. The number of pyridine rings is 1. The maximum absolute atomic E-state index is 11.2. The number of aliphatic hydroxyl groups is 1. The van der Waals surface area contributed by atoms with Crippen LogP contribution in [0.4, 0.5) is 5.69 Å². The highest BCUT2D eigenvalue weighted by Crippen LogP contribution is 2.40. The molecule has 3 rings (SSSR count). The van der Waals surface area contributed by atoms with E-state index in [0.717, 1.165) is 5.69 Å². The minimum Gasteiger partial charge on any atom is -0.381 e. The van der Waals surface area contributed by atoms with Crippen molar-refractivity contribution in [2.45, 2.75) is 25.0 Å². The highest BCUT2D eigenvalue weighted by molar-refractivity contribution is 6.32. The van der Waals surface area contributed by atoms with E-state index in [9.17, 15) is 5.11 Å². The van der Waals surface area contributed by atoms with Gasteiger partial charge in [-0.3, -0.25) is 0 Å². The molecule has 5 nitrogen and oxygen atoms in total. The highest BCUT2D eigenvalue weighted by atomic mass is 35.5. The van der Waals surface area contributed by atoms with Gasteiger partial charge in [-0.2, -0.15) is 10.5 Å². The molecule has 2 heterocycles. The maximum Gasteiger partial charge on any atom is 0.140 e.